The second-order valence-corrected chi connectivity index (χ2v) is 6.77. The maximum atomic E-state index is 5.88. The van der Waals surface area contributed by atoms with E-state index in [-0.39, 0.29) is 5.54 Å². The van der Waals surface area contributed by atoms with Crippen LogP contribution in [0.4, 0.5) is 0 Å². The van der Waals surface area contributed by atoms with E-state index >= 15 is 0 Å². The van der Waals surface area contributed by atoms with Gasteiger partial charge in [0.2, 0.25) is 0 Å². The predicted octanol–water partition coefficient (Wildman–Crippen LogP) is 4.21. The van der Waals surface area contributed by atoms with Gasteiger partial charge in [0.1, 0.15) is 5.75 Å². The van der Waals surface area contributed by atoms with Gasteiger partial charge >= 0.3 is 0 Å². The summed E-state index contributed by atoms with van der Waals surface area (Å²) in [5.41, 5.74) is 1.50. The number of nitrogens with one attached hydrogen (secondary N) is 1. The van der Waals surface area contributed by atoms with Crippen LogP contribution >= 0.6 is 0 Å². The summed E-state index contributed by atoms with van der Waals surface area (Å²) in [6, 6.07) is 8.41. The fourth-order valence-corrected chi connectivity index (χ4v) is 1.74. The molecule has 1 N–H and O–H groups in total. The van der Waals surface area contributed by atoms with Crippen molar-refractivity contribution in [2.45, 2.75) is 53.0 Å². The molecule has 0 heterocycles. The van der Waals surface area contributed by atoms with Crippen LogP contribution in [0, 0.1) is 5.92 Å². The van der Waals surface area contributed by atoms with Crippen LogP contribution in [0.3, 0.4) is 0 Å². The van der Waals surface area contributed by atoms with Gasteiger partial charge in [0.15, 0.2) is 0 Å². The molecule has 1 aromatic rings. The molecule has 0 spiro atoms. The SMILES string of the molecule is CC(CNC(C)(C)C)COc1cccc(C(C)C)c1. The van der Waals surface area contributed by atoms with Crippen molar-refractivity contribution in [3.05, 3.63) is 29.8 Å². The first-order valence-corrected chi connectivity index (χ1v) is 7.25. The summed E-state index contributed by atoms with van der Waals surface area (Å²) in [4.78, 5) is 0. The van der Waals surface area contributed by atoms with E-state index < -0.39 is 0 Å². The molecule has 1 atom stereocenters. The lowest BCUT2D eigenvalue weighted by Crippen LogP contribution is -2.39. The smallest absolute Gasteiger partial charge is 0.119 e. The molecule has 0 bridgehead atoms. The Labute approximate surface area is 118 Å². The Kier molecular flexibility index (Phi) is 5.86. The zero-order chi connectivity index (χ0) is 14.5. The van der Waals surface area contributed by atoms with Crippen molar-refractivity contribution in [3.8, 4) is 5.75 Å². The first kappa shape index (κ1) is 16.0. The summed E-state index contributed by atoms with van der Waals surface area (Å²) >= 11 is 0. The van der Waals surface area contributed by atoms with Gasteiger partial charge in [-0.05, 0) is 44.4 Å². The van der Waals surface area contributed by atoms with Crippen molar-refractivity contribution < 1.29 is 4.74 Å². The molecular weight excluding hydrogens is 234 g/mol. The second-order valence-electron chi connectivity index (χ2n) is 6.77. The molecule has 0 amide bonds. The average molecular weight is 263 g/mol. The molecule has 2 nitrogen and oxygen atoms in total. The normalized spacial score (nSPS) is 13.6. The van der Waals surface area contributed by atoms with Crippen molar-refractivity contribution in [2.75, 3.05) is 13.2 Å². The van der Waals surface area contributed by atoms with E-state index in [2.05, 4.69) is 65.1 Å². The molecule has 0 aromatic heterocycles. The number of hydrogen-bond donors (Lipinski definition) is 1. The molecule has 0 radical (unpaired) electrons. The largest absolute Gasteiger partial charge is 0.493 e. The fourth-order valence-electron chi connectivity index (χ4n) is 1.74. The summed E-state index contributed by atoms with van der Waals surface area (Å²) in [5.74, 6) is 2.03. The van der Waals surface area contributed by atoms with Crippen molar-refractivity contribution >= 4 is 0 Å². The maximum absolute atomic E-state index is 5.88. The molecule has 0 saturated heterocycles. The standard InChI is InChI=1S/C17H29NO/c1-13(2)15-8-7-9-16(10-15)19-12-14(3)11-18-17(4,5)6/h7-10,13-14,18H,11-12H2,1-6H3. The Hall–Kier alpha value is -1.02. The lowest BCUT2D eigenvalue weighted by Gasteiger charge is -2.23. The Bertz CT molecular complexity index is 379. The molecule has 1 unspecified atom stereocenters. The highest BCUT2D eigenvalue weighted by Crippen LogP contribution is 2.20. The van der Waals surface area contributed by atoms with Gasteiger partial charge in [-0.1, -0.05) is 32.9 Å². The van der Waals surface area contributed by atoms with E-state index in [4.69, 9.17) is 4.74 Å². The van der Waals surface area contributed by atoms with Crippen LogP contribution in [-0.2, 0) is 0 Å². The average Bonchev–Trinajstić information content (AvgIpc) is 2.33. The van der Waals surface area contributed by atoms with E-state index in [1.165, 1.54) is 5.56 Å². The third kappa shape index (κ3) is 6.63. The first-order valence-electron chi connectivity index (χ1n) is 7.25. The van der Waals surface area contributed by atoms with Gasteiger partial charge in [0, 0.05) is 18.0 Å². The topological polar surface area (TPSA) is 21.3 Å². The van der Waals surface area contributed by atoms with Gasteiger partial charge in [-0.2, -0.15) is 0 Å². The van der Waals surface area contributed by atoms with Gasteiger partial charge in [-0.25, -0.2) is 0 Å². The zero-order valence-electron chi connectivity index (χ0n) is 13.3. The van der Waals surface area contributed by atoms with Crippen molar-refractivity contribution in [3.63, 3.8) is 0 Å². The third-order valence-corrected chi connectivity index (χ3v) is 3.04. The molecule has 0 saturated carbocycles. The minimum Gasteiger partial charge on any atom is -0.493 e. The molecule has 0 aliphatic heterocycles. The summed E-state index contributed by atoms with van der Waals surface area (Å²) in [5, 5.41) is 3.51. The minimum atomic E-state index is 0.172. The van der Waals surface area contributed by atoms with Crippen LogP contribution in [0.1, 0.15) is 53.0 Å². The highest BCUT2D eigenvalue weighted by Gasteiger charge is 2.11. The maximum Gasteiger partial charge on any atom is 0.119 e. The Morgan fingerprint density at radius 1 is 1.16 bits per heavy atom. The van der Waals surface area contributed by atoms with Crippen LogP contribution in [0.5, 0.6) is 5.75 Å². The minimum absolute atomic E-state index is 0.172. The molecule has 2 heteroatoms. The van der Waals surface area contributed by atoms with Crippen LogP contribution in [0.25, 0.3) is 0 Å². The highest BCUT2D eigenvalue weighted by atomic mass is 16.5. The molecule has 1 aromatic carbocycles. The number of hydrogen-bond acceptors (Lipinski definition) is 2. The van der Waals surface area contributed by atoms with Gasteiger partial charge in [-0.15, -0.1) is 0 Å². The van der Waals surface area contributed by atoms with E-state index in [1.54, 1.807) is 0 Å². The molecule has 0 aliphatic rings. The number of benzene rings is 1. The number of rotatable bonds is 6. The van der Waals surface area contributed by atoms with E-state index in [0.717, 1.165) is 18.9 Å². The Morgan fingerprint density at radius 3 is 2.42 bits per heavy atom. The summed E-state index contributed by atoms with van der Waals surface area (Å²) in [7, 11) is 0. The monoisotopic (exact) mass is 263 g/mol. The summed E-state index contributed by atoms with van der Waals surface area (Å²) in [6.45, 7) is 14.9. The Morgan fingerprint density at radius 2 is 1.84 bits per heavy atom. The number of ether oxygens (including phenoxy) is 1. The Balaban J connectivity index is 2.41. The van der Waals surface area contributed by atoms with Crippen LogP contribution in [-0.4, -0.2) is 18.7 Å². The van der Waals surface area contributed by atoms with Gasteiger partial charge in [0.05, 0.1) is 6.61 Å². The third-order valence-electron chi connectivity index (χ3n) is 3.04. The summed E-state index contributed by atoms with van der Waals surface area (Å²) in [6.07, 6.45) is 0. The quantitative estimate of drug-likeness (QED) is 0.830. The van der Waals surface area contributed by atoms with Crippen LogP contribution in [0.2, 0.25) is 0 Å². The van der Waals surface area contributed by atoms with E-state index in [1.807, 2.05) is 6.07 Å². The van der Waals surface area contributed by atoms with Gasteiger partial charge in [-0.3, -0.25) is 0 Å². The predicted molar refractivity (Wildman–Crippen MR) is 82.9 cm³/mol. The second kappa shape index (κ2) is 6.95. The fraction of sp³-hybridized carbons (Fsp3) is 0.647. The molecule has 0 fully saturated rings. The van der Waals surface area contributed by atoms with E-state index in [9.17, 15) is 0 Å². The zero-order valence-corrected chi connectivity index (χ0v) is 13.3. The van der Waals surface area contributed by atoms with Gasteiger partial charge in [0.25, 0.3) is 0 Å². The highest BCUT2D eigenvalue weighted by molar-refractivity contribution is 5.30. The summed E-state index contributed by atoms with van der Waals surface area (Å²) < 4.78 is 5.88. The molecule has 108 valence electrons. The van der Waals surface area contributed by atoms with Crippen molar-refractivity contribution in [1.29, 1.82) is 0 Å². The molecule has 1 rings (SSSR count). The lowest BCUT2D eigenvalue weighted by molar-refractivity contribution is 0.244. The van der Waals surface area contributed by atoms with Crippen molar-refractivity contribution in [2.24, 2.45) is 5.92 Å². The van der Waals surface area contributed by atoms with Crippen LogP contribution < -0.4 is 10.1 Å². The molecule has 0 aliphatic carbocycles. The van der Waals surface area contributed by atoms with Crippen molar-refractivity contribution in [1.82, 2.24) is 5.32 Å². The lowest BCUT2D eigenvalue weighted by atomic mass is 10.0. The van der Waals surface area contributed by atoms with Gasteiger partial charge < -0.3 is 10.1 Å². The van der Waals surface area contributed by atoms with Crippen LogP contribution in [0.15, 0.2) is 24.3 Å². The van der Waals surface area contributed by atoms with E-state index in [0.29, 0.717) is 11.8 Å². The first-order chi connectivity index (χ1) is 8.78. The molecular formula is C17H29NO. The molecule has 19 heavy (non-hydrogen) atoms.